The lowest BCUT2D eigenvalue weighted by Crippen LogP contribution is -1.96. The summed E-state index contributed by atoms with van der Waals surface area (Å²) in [6.07, 6.45) is 4.96. The Morgan fingerprint density at radius 3 is 2.52 bits per heavy atom. The molecule has 0 bridgehead atoms. The average Bonchev–Trinajstić information content (AvgIpc) is 3.03. The first-order valence-corrected chi connectivity index (χ1v) is 7.66. The third-order valence-electron chi connectivity index (χ3n) is 3.62. The van der Waals surface area contributed by atoms with Crippen molar-refractivity contribution in [1.82, 2.24) is 0 Å². The highest BCUT2D eigenvalue weighted by Gasteiger charge is 2.17. The zero-order valence-electron chi connectivity index (χ0n) is 13.4. The van der Waals surface area contributed by atoms with Gasteiger partial charge in [0.2, 0.25) is 6.79 Å². The number of methoxy groups -OCH3 is 1. The van der Waals surface area contributed by atoms with Crippen LogP contribution in [0, 0.1) is 0 Å². The third-order valence-corrected chi connectivity index (χ3v) is 3.62. The fraction of sp³-hybridized carbons (Fsp3) is 0.263. The lowest BCUT2D eigenvalue weighted by Gasteiger charge is -2.10. The van der Waals surface area contributed by atoms with Crippen LogP contribution in [0.2, 0.25) is 0 Å². The van der Waals surface area contributed by atoms with E-state index in [9.17, 15) is 0 Å². The van der Waals surface area contributed by atoms with Gasteiger partial charge in [0.1, 0.15) is 11.5 Å². The summed E-state index contributed by atoms with van der Waals surface area (Å²) in [6, 6.07) is 11.8. The standard InChI is InChI=1S/C19H20O4/c1-3-21-17-12-19-18(22-13-23-19)11-15(17)6-4-5-14-7-9-16(20-2)10-8-14/h4-5,7-12H,3,6,13H2,1-2H3. The minimum Gasteiger partial charge on any atom is -0.497 e. The summed E-state index contributed by atoms with van der Waals surface area (Å²) in [6.45, 7) is 2.86. The molecule has 1 aliphatic heterocycles. The molecule has 3 rings (SSSR count). The molecule has 0 fully saturated rings. The van der Waals surface area contributed by atoms with E-state index in [1.54, 1.807) is 7.11 Å². The minimum absolute atomic E-state index is 0.270. The number of benzene rings is 2. The zero-order valence-corrected chi connectivity index (χ0v) is 13.4. The van der Waals surface area contributed by atoms with Crippen molar-refractivity contribution in [3.05, 3.63) is 53.6 Å². The van der Waals surface area contributed by atoms with Crippen molar-refractivity contribution in [3.8, 4) is 23.0 Å². The predicted octanol–water partition coefficient (Wildman–Crippen LogP) is 4.08. The third kappa shape index (κ3) is 3.59. The second kappa shape index (κ2) is 7.09. The second-order valence-electron chi connectivity index (χ2n) is 5.13. The molecule has 0 unspecified atom stereocenters. The van der Waals surface area contributed by atoms with Crippen molar-refractivity contribution in [2.75, 3.05) is 20.5 Å². The molecule has 1 aliphatic rings. The summed E-state index contributed by atoms with van der Waals surface area (Å²) in [5.74, 6) is 3.23. The molecule has 2 aromatic carbocycles. The van der Waals surface area contributed by atoms with E-state index in [4.69, 9.17) is 18.9 Å². The average molecular weight is 312 g/mol. The number of hydrogen-bond acceptors (Lipinski definition) is 4. The van der Waals surface area contributed by atoms with Gasteiger partial charge in [-0.25, -0.2) is 0 Å². The van der Waals surface area contributed by atoms with Gasteiger partial charge in [-0.3, -0.25) is 0 Å². The first-order valence-electron chi connectivity index (χ1n) is 7.66. The van der Waals surface area contributed by atoms with Gasteiger partial charge in [-0.1, -0.05) is 24.3 Å². The number of ether oxygens (including phenoxy) is 4. The highest BCUT2D eigenvalue weighted by atomic mass is 16.7. The number of rotatable bonds is 6. The van der Waals surface area contributed by atoms with Crippen molar-refractivity contribution >= 4 is 6.08 Å². The summed E-state index contributed by atoms with van der Waals surface area (Å²) in [5, 5.41) is 0. The normalized spacial score (nSPS) is 12.6. The van der Waals surface area contributed by atoms with Crippen molar-refractivity contribution in [3.63, 3.8) is 0 Å². The van der Waals surface area contributed by atoms with Gasteiger partial charge in [-0.15, -0.1) is 0 Å². The van der Waals surface area contributed by atoms with Crippen LogP contribution in [0.5, 0.6) is 23.0 Å². The van der Waals surface area contributed by atoms with Crippen LogP contribution in [-0.4, -0.2) is 20.5 Å². The monoisotopic (exact) mass is 312 g/mol. The van der Waals surface area contributed by atoms with Gasteiger partial charge in [0, 0.05) is 11.6 Å². The summed E-state index contributed by atoms with van der Waals surface area (Å²) in [4.78, 5) is 0. The van der Waals surface area contributed by atoms with Crippen molar-refractivity contribution in [1.29, 1.82) is 0 Å². The molecule has 0 saturated heterocycles. The Morgan fingerprint density at radius 1 is 1.09 bits per heavy atom. The SMILES string of the molecule is CCOc1cc2c(cc1CC=Cc1ccc(OC)cc1)OCO2. The Hall–Kier alpha value is -2.62. The molecule has 0 aliphatic carbocycles. The molecule has 2 aromatic rings. The fourth-order valence-corrected chi connectivity index (χ4v) is 2.45. The largest absolute Gasteiger partial charge is 0.497 e. The van der Waals surface area contributed by atoms with Crippen molar-refractivity contribution in [2.24, 2.45) is 0 Å². The topological polar surface area (TPSA) is 36.9 Å². The predicted molar refractivity (Wildman–Crippen MR) is 89.5 cm³/mol. The van der Waals surface area contributed by atoms with E-state index in [0.717, 1.165) is 40.5 Å². The number of hydrogen-bond donors (Lipinski definition) is 0. The van der Waals surface area contributed by atoms with Crippen molar-refractivity contribution < 1.29 is 18.9 Å². The highest BCUT2D eigenvalue weighted by molar-refractivity contribution is 5.55. The quantitative estimate of drug-likeness (QED) is 0.805. The van der Waals surface area contributed by atoms with Crippen molar-refractivity contribution in [2.45, 2.75) is 13.3 Å². The van der Waals surface area contributed by atoms with E-state index in [-0.39, 0.29) is 6.79 Å². The van der Waals surface area contributed by atoms with E-state index in [1.165, 1.54) is 0 Å². The summed E-state index contributed by atoms with van der Waals surface area (Å²) in [7, 11) is 1.67. The van der Waals surface area contributed by atoms with E-state index in [2.05, 4.69) is 12.2 Å². The molecule has 23 heavy (non-hydrogen) atoms. The van der Waals surface area contributed by atoms with E-state index < -0.39 is 0 Å². The summed E-state index contributed by atoms with van der Waals surface area (Å²) < 4.78 is 21.7. The first kappa shape index (κ1) is 15.3. The van der Waals surface area contributed by atoms with Crippen LogP contribution < -0.4 is 18.9 Å². The van der Waals surface area contributed by atoms with Gasteiger partial charge in [-0.2, -0.15) is 0 Å². The molecule has 120 valence electrons. The molecule has 0 radical (unpaired) electrons. The molecule has 4 heteroatoms. The maximum atomic E-state index is 5.71. The van der Waals surface area contributed by atoms with Gasteiger partial charge in [0.05, 0.1) is 13.7 Å². The Kier molecular flexibility index (Phi) is 4.71. The first-order chi connectivity index (χ1) is 11.3. The lowest BCUT2D eigenvalue weighted by atomic mass is 10.1. The van der Waals surface area contributed by atoms with Gasteiger partial charge in [-0.05, 0) is 37.1 Å². The minimum atomic E-state index is 0.270. The number of fused-ring (bicyclic) bond motifs is 1. The Labute approximate surface area is 136 Å². The van der Waals surface area contributed by atoms with E-state index in [0.29, 0.717) is 6.61 Å². The Morgan fingerprint density at radius 2 is 1.83 bits per heavy atom. The van der Waals surface area contributed by atoms with E-state index >= 15 is 0 Å². The van der Waals surface area contributed by atoms with Crippen LogP contribution in [0.25, 0.3) is 6.08 Å². The molecule has 0 atom stereocenters. The smallest absolute Gasteiger partial charge is 0.231 e. The highest BCUT2D eigenvalue weighted by Crippen LogP contribution is 2.38. The maximum absolute atomic E-state index is 5.71. The molecule has 0 saturated carbocycles. The van der Waals surface area contributed by atoms with Crippen LogP contribution in [-0.2, 0) is 6.42 Å². The van der Waals surface area contributed by atoms with Gasteiger partial charge < -0.3 is 18.9 Å². The van der Waals surface area contributed by atoms with Gasteiger partial charge in [0.15, 0.2) is 11.5 Å². The molecular weight excluding hydrogens is 292 g/mol. The van der Waals surface area contributed by atoms with Crippen LogP contribution >= 0.6 is 0 Å². The summed E-state index contributed by atoms with van der Waals surface area (Å²) >= 11 is 0. The van der Waals surface area contributed by atoms with Gasteiger partial charge >= 0.3 is 0 Å². The Balaban J connectivity index is 1.74. The molecule has 0 amide bonds. The molecular formula is C19H20O4. The second-order valence-corrected chi connectivity index (χ2v) is 5.13. The van der Waals surface area contributed by atoms with E-state index in [1.807, 2.05) is 43.3 Å². The van der Waals surface area contributed by atoms with Crippen LogP contribution in [0.1, 0.15) is 18.1 Å². The molecule has 1 heterocycles. The van der Waals surface area contributed by atoms with Gasteiger partial charge in [0.25, 0.3) is 0 Å². The zero-order chi connectivity index (χ0) is 16.1. The summed E-state index contributed by atoms with van der Waals surface area (Å²) in [5.41, 5.74) is 2.21. The molecule has 0 aromatic heterocycles. The molecule has 4 nitrogen and oxygen atoms in total. The lowest BCUT2D eigenvalue weighted by molar-refractivity contribution is 0.173. The van der Waals surface area contributed by atoms with Crippen LogP contribution in [0.15, 0.2) is 42.5 Å². The molecule has 0 N–H and O–H groups in total. The van der Waals surface area contributed by atoms with Crippen LogP contribution in [0.3, 0.4) is 0 Å². The number of allylic oxidation sites excluding steroid dienone is 1. The van der Waals surface area contributed by atoms with Crippen LogP contribution in [0.4, 0.5) is 0 Å². The fourth-order valence-electron chi connectivity index (χ4n) is 2.45. The maximum Gasteiger partial charge on any atom is 0.231 e. The Bertz CT molecular complexity index is 689. The molecule has 0 spiro atoms.